The first kappa shape index (κ1) is 12.1. The zero-order chi connectivity index (χ0) is 13.5. The molecule has 0 bridgehead atoms. The molecule has 0 aromatic heterocycles. The van der Waals surface area contributed by atoms with Crippen LogP contribution in [-0.4, -0.2) is 23.4 Å². The van der Waals surface area contributed by atoms with E-state index in [0.717, 1.165) is 18.4 Å². The molecular weight excluding hydrogens is 245 g/mol. The number of benzene rings is 1. The van der Waals surface area contributed by atoms with Crippen LogP contribution in [0.4, 0.5) is 4.39 Å². The van der Waals surface area contributed by atoms with Gasteiger partial charge < -0.3 is 5.32 Å². The van der Waals surface area contributed by atoms with Gasteiger partial charge in [0.2, 0.25) is 0 Å². The molecule has 4 nitrogen and oxygen atoms in total. The van der Waals surface area contributed by atoms with Crippen LogP contribution in [0.1, 0.15) is 25.3 Å². The Morgan fingerprint density at radius 3 is 2.95 bits per heavy atom. The third-order valence-corrected chi connectivity index (χ3v) is 3.43. The van der Waals surface area contributed by atoms with Crippen LogP contribution in [0.3, 0.4) is 0 Å². The van der Waals surface area contributed by atoms with Gasteiger partial charge in [-0.3, -0.25) is 10.1 Å². The highest BCUT2D eigenvalue weighted by Gasteiger charge is 2.41. The van der Waals surface area contributed by atoms with E-state index in [1.54, 1.807) is 6.07 Å². The number of carbonyl (C=O) groups excluding carboxylic acids is 1. The lowest BCUT2D eigenvalue weighted by molar-refractivity contribution is -0.123. The highest BCUT2D eigenvalue weighted by Crippen LogP contribution is 2.25. The van der Waals surface area contributed by atoms with Gasteiger partial charge in [0, 0.05) is 6.42 Å². The maximum atomic E-state index is 13.2. The molecule has 1 aromatic carbocycles. The number of guanidine groups is 1. The molecule has 1 unspecified atom stereocenters. The maximum absolute atomic E-state index is 13.2. The van der Waals surface area contributed by atoms with Crippen molar-refractivity contribution in [3.63, 3.8) is 0 Å². The molecule has 5 heteroatoms. The summed E-state index contributed by atoms with van der Waals surface area (Å²) in [4.78, 5) is 16.4. The summed E-state index contributed by atoms with van der Waals surface area (Å²) < 4.78 is 13.2. The van der Waals surface area contributed by atoms with Crippen molar-refractivity contribution >= 4 is 11.9 Å². The second kappa shape index (κ2) is 4.33. The molecule has 1 amide bonds. The molecule has 2 N–H and O–H groups in total. The molecule has 1 aliphatic heterocycles. The van der Waals surface area contributed by atoms with Gasteiger partial charge in [0.25, 0.3) is 5.91 Å². The van der Waals surface area contributed by atoms with E-state index in [1.807, 2.05) is 13.0 Å². The lowest BCUT2D eigenvalue weighted by Crippen LogP contribution is -2.45. The lowest BCUT2D eigenvalue weighted by atomic mass is 9.93. The van der Waals surface area contributed by atoms with Crippen molar-refractivity contribution in [2.45, 2.75) is 37.8 Å². The number of halogens is 1. The topological polar surface area (TPSA) is 53.5 Å². The van der Waals surface area contributed by atoms with Crippen LogP contribution < -0.4 is 10.6 Å². The molecule has 1 aromatic rings. The Bertz CT molecular complexity index is 553. The Morgan fingerprint density at radius 1 is 1.47 bits per heavy atom. The van der Waals surface area contributed by atoms with Crippen LogP contribution in [0.25, 0.3) is 0 Å². The summed E-state index contributed by atoms with van der Waals surface area (Å²) in [5, 5.41) is 5.88. The van der Waals surface area contributed by atoms with Crippen molar-refractivity contribution in [3.05, 3.63) is 35.6 Å². The largest absolute Gasteiger partial charge is 0.342 e. The van der Waals surface area contributed by atoms with Crippen LogP contribution in [-0.2, 0) is 11.2 Å². The van der Waals surface area contributed by atoms with E-state index in [-0.39, 0.29) is 11.7 Å². The second-order valence-electron chi connectivity index (χ2n) is 5.43. The fraction of sp³-hybridized carbons (Fsp3) is 0.429. The normalized spacial score (nSPS) is 28.3. The number of rotatable bonds is 3. The highest BCUT2D eigenvalue weighted by atomic mass is 19.1. The summed E-state index contributed by atoms with van der Waals surface area (Å²) in [6, 6.07) is 6.67. The lowest BCUT2D eigenvalue weighted by Gasteiger charge is -2.21. The van der Waals surface area contributed by atoms with E-state index in [2.05, 4.69) is 15.6 Å². The minimum Gasteiger partial charge on any atom is -0.342 e. The van der Waals surface area contributed by atoms with E-state index in [0.29, 0.717) is 18.4 Å². The van der Waals surface area contributed by atoms with Crippen molar-refractivity contribution in [3.8, 4) is 0 Å². The number of amides is 1. The summed E-state index contributed by atoms with van der Waals surface area (Å²) in [7, 11) is 0. The molecule has 0 spiro atoms. The molecule has 2 fully saturated rings. The third-order valence-electron chi connectivity index (χ3n) is 3.43. The Hall–Kier alpha value is -1.91. The van der Waals surface area contributed by atoms with Gasteiger partial charge in [0.15, 0.2) is 5.96 Å². The zero-order valence-corrected chi connectivity index (χ0v) is 10.7. The van der Waals surface area contributed by atoms with Crippen molar-refractivity contribution in [2.24, 2.45) is 4.99 Å². The smallest absolute Gasteiger partial charge is 0.252 e. The molecule has 1 saturated heterocycles. The van der Waals surface area contributed by atoms with Gasteiger partial charge in [0.1, 0.15) is 11.4 Å². The first-order valence-electron chi connectivity index (χ1n) is 6.47. The van der Waals surface area contributed by atoms with Crippen LogP contribution in [0.5, 0.6) is 0 Å². The Kier molecular flexibility index (Phi) is 2.77. The van der Waals surface area contributed by atoms with Gasteiger partial charge in [0.05, 0.1) is 6.04 Å². The monoisotopic (exact) mass is 261 g/mol. The maximum Gasteiger partial charge on any atom is 0.252 e. The van der Waals surface area contributed by atoms with Gasteiger partial charge in [-0.25, -0.2) is 9.38 Å². The first-order valence-corrected chi connectivity index (χ1v) is 6.47. The fourth-order valence-corrected chi connectivity index (χ4v) is 2.23. The molecule has 1 heterocycles. The number of carbonyl (C=O) groups is 1. The molecule has 2 aliphatic rings. The number of hydrogen-bond donors (Lipinski definition) is 2. The molecule has 1 aliphatic carbocycles. The quantitative estimate of drug-likeness (QED) is 0.863. The van der Waals surface area contributed by atoms with Gasteiger partial charge in [-0.15, -0.1) is 0 Å². The van der Waals surface area contributed by atoms with E-state index >= 15 is 0 Å². The summed E-state index contributed by atoms with van der Waals surface area (Å²) >= 11 is 0. The van der Waals surface area contributed by atoms with Crippen LogP contribution in [0.15, 0.2) is 29.3 Å². The molecule has 0 radical (unpaired) electrons. The Morgan fingerprint density at radius 2 is 2.26 bits per heavy atom. The van der Waals surface area contributed by atoms with E-state index in [9.17, 15) is 9.18 Å². The standard InChI is InChI=1S/C14H16FN3O/c1-14(8-9-3-2-4-10(15)7-9)12(19)17-13(18-14)16-11-5-6-11/h2-4,7,11H,5-6,8H2,1H3,(H2,16,17,18,19). The van der Waals surface area contributed by atoms with Crippen LogP contribution >= 0.6 is 0 Å². The summed E-state index contributed by atoms with van der Waals surface area (Å²) in [6.45, 7) is 1.81. The Balaban J connectivity index is 1.77. The van der Waals surface area contributed by atoms with Gasteiger partial charge in [-0.2, -0.15) is 0 Å². The van der Waals surface area contributed by atoms with Gasteiger partial charge in [-0.05, 0) is 37.5 Å². The molecular formula is C14H16FN3O. The molecule has 3 rings (SSSR count). The molecule has 19 heavy (non-hydrogen) atoms. The average molecular weight is 261 g/mol. The highest BCUT2D eigenvalue weighted by molar-refractivity contribution is 6.09. The van der Waals surface area contributed by atoms with E-state index < -0.39 is 5.54 Å². The van der Waals surface area contributed by atoms with Crippen molar-refractivity contribution < 1.29 is 9.18 Å². The second-order valence-corrected chi connectivity index (χ2v) is 5.43. The van der Waals surface area contributed by atoms with Crippen molar-refractivity contribution in [2.75, 3.05) is 0 Å². The summed E-state index contributed by atoms with van der Waals surface area (Å²) in [5.41, 5.74) is 0.0273. The summed E-state index contributed by atoms with van der Waals surface area (Å²) in [5.74, 6) is 0.147. The van der Waals surface area contributed by atoms with Crippen molar-refractivity contribution in [1.29, 1.82) is 0 Å². The minimum atomic E-state index is -0.762. The summed E-state index contributed by atoms with van der Waals surface area (Å²) in [6.07, 6.45) is 2.60. The predicted octanol–water partition coefficient (Wildman–Crippen LogP) is 1.36. The molecule has 1 atom stereocenters. The van der Waals surface area contributed by atoms with Gasteiger partial charge in [-0.1, -0.05) is 12.1 Å². The van der Waals surface area contributed by atoms with Crippen molar-refractivity contribution in [1.82, 2.24) is 10.6 Å². The van der Waals surface area contributed by atoms with Crippen LogP contribution in [0, 0.1) is 5.82 Å². The number of nitrogens with zero attached hydrogens (tertiary/aromatic N) is 1. The number of nitrogens with one attached hydrogen (secondary N) is 2. The van der Waals surface area contributed by atoms with Gasteiger partial charge >= 0.3 is 0 Å². The molecule has 100 valence electrons. The van der Waals surface area contributed by atoms with Crippen LogP contribution in [0.2, 0.25) is 0 Å². The zero-order valence-electron chi connectivity index (χ0n) is 10.7. The minimum absolute atomic E-state index is 0.115. The average Bonchev–Trinajstić information content (AvgIpc) is 3.07. The van der Waals surface area contributed by atoms with E-state index in [1.165, 1.54) is 12.1 Å². The molecule has 1 saturated carbocycles. The predicted molar refractivity (Wildman–Crippen MR) is 70.2 cm³/mol. The van der Waals surface area contributed by atoms with E-state index in [4.69, 9.17) is 0 Å². The fourth-order valence-electron chi connectivity index (χ4n) is 2.23. The first-order chi connectivity index (χ1) is 9.05. The SMILES string of the molecule is CC1(Cc2cccc(F)c2)NC(=NC2CC2)NC1=O. The Labute approximate surface area is 111 Å². The number of hydrogen-bond acceptors (Lipinski definition) is 2. The third kappa shape index (κ3) is 2.59. The number of aliphatic imine (C=N–C) groups is 1.